The lowest BCUT2D eigenvalue weighted by Gasteiger charge is -2.17. The molecule has 0 saturated carbocycles. The van der Waals surface area contributed by atoms with Crippen LogP contribution in [0.1, 0.15) is 29.2 Å². The third kappa shape index (κ3) is 3.79. The summed E-state index contributed by atoms with van der Waals surface area (Å²) in [4.78, 5) is 27.5. The minimum Gasteiger partial charge on any atom is -0.493 e. The van der Waals surface area contributed by atoms with Crippen molar-refractivity contribution in [2.45, 2.75) is 19.4 Å². The van der Waals surface area contributed by atoms with Gasteiger partial charge in [0.1, 0.15) is 5.56 Å². The van der Waals surface area contributed by atoms with E-state index in [1.54, 1.807) is 37.3 Å². The van der Waals surface area contributed by atoms with Gasteiger partial charge in [0.25, 0.3) is 5.56 Å². The lowest BCUT2D eigenvalue weighted by atomic mass is 9.99. The van der Waals surface area contributed by atoms with Gasteiger partial charge in [-0.2, -0.15) is 5.10 Å². The molecular formula is C23H24N4O6. The van der Waals surface area contributed by atoms with Crippen LogP contribution in [0.15, 0.2) is 51.1 Å². The first-order valence-electron chi connectivity index (χ1n) is 10.2. The van der Waals surface area contributed by atoms with Crippen molar-refractivity contribution in [3.63, 3.8) is 0 Å². The second-order valence-corrected chi connectivity index (χ2v) is 7.48. The molecule has 1 aliphatic heterocycles. The Labute approximate surface area is 189 Å². The van der Waals surface area contributed by atoms with Crippen molar-refractivity contribution in [3.05, 3.63) is 73.9 Å². The van der Waals surface area contributed by atoms with Crippen LogP contribution in [0.2, 0.25) is 0 Å². The van der Waals surface area contributed by atoms with Gasteiger partial charge in [0.2, 0.25) is 11.6 Å². The van der Waals surface area contributed by atoms with Crippen LogP contribution in [-0.2, 0) is 0 Å². The second-order valence-electron chi connectivity index (χ2n) is 7.48. The molecule has 1 atom stereocenters. The monoisotopic (exact) mass is 452 g/mol. The first-order valence-corrected chi connectivity index (χ1v) is 10.2. The highest BCUT2D eigenvalue weighted by Gasteiger charge is 2.29. The van der Waals surface area contributed by atoms with Crippen LogP contribution < -0.4 is 30.9 Å². The van der Waals surface area contributed by atoms with Crippen LogP contribution >= 0.6 is 0 Å². The number of nitrogens with one attached hydrogen (secondary N) is 2. The molecule has 0 spiro atoms. The number of hydrogen-bond acceptors (Lipinski definition) is 8. The highest BCUT2D eigenvalue weighted by atomic mass is 16.5. The predicted molar refractivity (Wildman–Crippen MR) is 122 cm³/mol. The Balaban J connectivity index is 1.74. The zero-order chi connectivity index (χ0) is 23.7. The third-order valence-electron chi connectivity index (χ3n) is 5.57. The van der Waals surface area contributed by atoms with E-state index in [1.807, 2.05) is 6.07 Å². The van der Waals surface area contributed by atoms with E-state index in [0.29, 0.717) is 28.6 Å². The number of H-pyrrole nitrogens is 1. The van der Waals surface area contributed by atoms with Crippen molar-refractivity contribution in [1.29, 1.82) is 0 Å². The summed E-state index contributed by atoms with van der Waals surface area (Å²) >= 11 is 0. The summed E-state index contributed by atoms with van der Waals surface area (Å²) in [6.45, 7) is 1.81. The highest BCUT2D eigenvalue weighted by molar-refractivity contribution is 6.03. The summed E-state index contributed by atoms with van der Waals surface area (Å²) in [5, 5.41) is 15.2. The molecule has 33 heavy (non-hydrogen) atoms. The zero-order valence-corrected chi connectivity index (χ0v) is 18.6. The second kappa shape index (κ2) is 8.73. The average Bonchev–Trinajstić information content (AvgIpc) is 3.28. The Kier molecular flexibility index (Phi) is 5.82. The molecule has 0 fully saturated rings. The number of methoxy groups -OCH3 is 3. The van der Waals surface area contributed by atoms with Crippen LogP contribution in [0.25, 0.3) is 5.69 Å². The average molecular weight is 452 g/mol. The van der Waals surface area contributed by atoms with Crippen LogP contribution in [0.4, 0.5) is 0 Å². The number of aromatic amines is 1. The Morgan fingerprint density at radius 1 is 1.06 bits per heavy atom. The van der Waals surface area contributed by atoms with Gasteiger partial charge in [0.05, 0.1) is 38.8 Å². The first kappa shape index (κ1) is 22.0. The van der Waals surface area contributed by atoms with Crippen LogP contribution in [0.3, 0.4) is 0 Å². The van der Waals surface area contributed by atoms with Gasteiger partial charge in [-0.05, 0) is 36.2 Å². The number of hydrazone groups is 1. The third-order valence-corrected chi connectivity index (χ3v) is 5.57. The number of rotatable bonds is 6. The number of aromatic nitrogens is 2. The van der Waals surface area contributed by atoms with Crippen molar-refractivity contribution in [1.82, 2.24) is 15.0 Å². The number of ether oxygens (including phenoxy) is 3. The van der Waals surface area contributed by atoms with E-state index in [2.05, 4.69) is 15.5 Å². The van der Waals surface area contributed by atoms with E-state index in [1.165, 1.54) is 21.3 Å². The van der Waals surface area contributed by atoms with Gasteiger partial charge < -0.3 is 24.7 Å². The van der Waals surface area contributed by atoms with Crippen molar-refractivity contribution in [2.75, 3.05) is 21.3 Å². The van der Waals surface area contributed by atoms with E-state index in [9.17, 15) is 14.7 Å². The molecule has 3 N–H and O–H groups in total. The molecular weight excluding hydrogens is 428 g/mol. The Hall–Kier alpha value is -4.21. The molecule has 0 bridgehead atoms. The van der Waals surface area contributed by atoms with Crippen molar-refractivity contribution in [3.8, 4) is 28.8 Å². The van der Waals surface area contributed by atoms with E-state index >= 15 is 0 Å². The smallest absolute Gasteiger partial charge is 0.335 e. The van der Waals surface area contributed by atoms with Crippen LogP contribution in [0.5, 0.6) is 23.1 Å². The molecule has 1 aromatic heterocycles. The van der Waals surface area contributed by atoms with Gasteiger partial charge >= 0.3 is 5.69 Å². The summed E-state index contributed by atoms with van der Waals surface area (Å²) in [7, 11) is 4.57. The quantitative estimate of drug-likeness (QED) is 0.522. The molecule has 0 saturated heterocycles. The molecule has 10 nitrogen and oxygen atoms in total. The van der Waals surface area contributed by atoms with E-state index < -0.39 is 17.1 Å². The van der Waals surface area contributed by atoms with Crippen molar-refractivity contribution < 1.29 is 19.3 Å². The largest absolute Gasteiger partial charge is 0.493 e. The number of aromatic hydroxyl groups is 1. The highest BCUT2D eigenvalue weighted by Crippen LogP contribution is 2.41. The number of nitrogens with zero attached hydrogens (tertiary/aromatic N) is 2. The van der Waals surface area contributed by atoms with Gasteiger partial charge in [0, 0.05) is 6.42 Å². The van der Waals surface area contributed by atoms with Gasteiger partial charge in [-0.15, -0.1) is 0 Å². The van der Waals surface area contributed by atoms with Crippen LogP contribution in [0, 0.1) is 6.92 Å². The number of para-hydroxylation sites is 1. The van der Waals surface area contributed by atoms with E-state index in [4.69, 9.17) is 14.2 Å². The zero-order valence-electron chi connectivity index (χ0n) is 18.6. The predicted octanol–water partition coefficient (Wildman–Crippen LogP) is 2.00. The topological polar surface area (TPSA) is 127 Å². The molecule has 10 heteroatoms. The lowest BCUT2D eigenvalue weighted by molar-refractivity contribution is 0.323. The van der Waals surface area contributed by atoms with E-state index in [0.717, 1.165) is 15.7 Å². The molecule has 0 radical (unpaired) electrons. The molecule has 0 unspecified atom stereocenters. The van der Waals surface area contributed by atoms with Gasteiger partial charge in [-0.25, -0.2) is 9.36 Å². The summed E-state index contributed by atoms with van der Waals surface area (Å²) < 4.78 is 17.3. The Morgan fingerprint density at radius 2 is 1.73 bits per heavy atom. The maximum absolute atomic E-state index is 12.6. The van der Waals surface area contributed by atoms with Gasteiger partial charge in [0.15, 0.2) is 11.5 Å². The molecule has 1 aliphatic rings. The molecule has 172 valence electrons. The Bertz CT molecular complexity index is 1330. The Morgan fingerprint density at radius 3 is 2.33 bits per heavy atom. The minimum atomic E-state index is -0.733. The van der Waals surface area contributed by atoms with Crippen molar-refractivity contribution in [2.24, 2.45) is 5.10 Å². The normalized spacial score (nSPS) is 15.0. The van der Waals surface area contributed by atoms with Crippen molar-refractivity contribution >= 4 is 5.71 Å². The molecule has 0 aliphatic carbocycles. The van der Waals surface area contributed by atoms with E-state index in [-0.39, 0.29) is 18.0 Å². The lowest BCUT2D eigenvalue weighted by Crippen LogP contribution is -2.33. The van der Waals surface area contributed by atoms with Gasteiger partial charge in [-0.1, -0.05) is 18.2 Å². The number of benzene rings is 2. The summed E-state index contributed by atoms with van der Waals surface area (Å²) in [6, 6.07) is 10.3. The first-order chi connectivity index (χ1) is 15.9. The molecule has 2 heterocycles. The SMILES string of the molecule is COc1cc([C@H]2CC(c3c(O)n(-c4ccccc4C)c(=O)[nH]c3=O)=NN2)cc(OC)c1OC. The maximum Gasteiger partial charge on any atom is 0.335 e. The summed E-state index contributed by atoms with van der Waals surface area (Å²) in [5.74, 6) is 0.957. The number of aryl methyl sites for hydroxylation is 1. The molecule has 4 rings (SSSR count). The molecule has 3 aromatic rings. The fourth-order valence-corrected chi connectivity index (χ4v) is 3.92. The number of hydrogen-bond donors (Lipinski definition) is 3. The summed E-state index contributed by atoms with van der Waals surface area (Å²) in [6.07, 6.45) is 0.279. The summed E-state index contributed by atoms with van der Waals surface area (Å²) in [5.41, 5.74) is 3.79. The maximum atomic E-state index is 12.6. The van der Waals surface area contributed by atoms with Gasteiger partial charge in [-0.3, -0.25) is 9.78 Å². The molecule has 2 aromatic carbocycles. The minimum absolute atomic E-state index is 0.0692. The fourth-order valence-electron chi connectivity index (χ4n) is 3.92. The standard InChI is InChI=1S/C23H24N4O6/c1-12-7-5-6-8-16(12)27-22(29)19(21(28)24-23(27)30)15-11-14(25-26-15)13-9-17(31-2)20(33-4)18(10-13)32-3/h5-10,14,25,29H,11H2,1-4H3,(H,24,28,30)/t14-/m1/s1. The van der Waals surface area contributed by atoms with Crippen LogP contribution in [-0.4, -0.2) is 41.7 Å². The molecule has 0 amide bonds. The fraction of sp³-hybridized carbons (Fsp3) is 0.261.